The first-order chi connectivity index (χ1) is 14.5. The van der Waals surface area contributed by atoms with Crippen LogP contribution in [0.2, 0.25) is 0 Å². The Bertz CT molecular complexity index is 1050. The fourth-order valence-electron chi connectivity index (χ4n) is 5.32. The third kappa shape index (κ3) is 3.60. The lowest BCUT2D eigenvalue weighted by atomic mass is 9.54. The third-order valence-corrected chi connectivity index (χ3v) is 8.23. The fraction of sp³-hybridized carbons (Fsp3) is 0.370. The molecule has 0 radical (unpaired) electrons. The van der Waals surface area contributed by atoms with Crippen molar-refractivity contribution in [1.82, 2.24) is 5.32 Å². The smallest absolute Gasteiger partial charge is 0.252 e. The predicted octanol–water partition coefficient (Wildman–Crippen LogP) is 6.69. The average Bonchev–Trinajstić information content (AvgIpc) is 2.97. The second-order valence-corrected chi connectivity index (χ2v) is 10.7. The molecular weight excluding hydrogens is 386 g/mol. The Balaban J connectivity index is 1.32. The maximum Gasteiger partial charge on any atom is 0.252 e. The Kier molecular flexibility index (Phi) is 5.02. The van der Waals surface area contributed by atoms with E-state index in [1.165, 1.54) is 59.2 Å². The lowest BCUT2D eigenvalue weighted by molar-refractivity contribution is -0.000635. The number of nitrogens with one attached hydrogen (secondary N) is 1. The zero-order valence-electron chi connectivity index (χ0n) is 17.8. The van der Waals surface area contributed by atoms with Gasteiger partial charge in [0.2, 0.25) is 0 Å². The highest BCUT2D eigenvalue weighted by atomic mass is 32.1. The van der Waals surface area contributed by atoms with E-state index in [1.54, 1.807) is 11.3 Å². The van der Waals surface area contributed by atoms with E-state index in [-0.39, 0.29) is 5.91 Å². The summed E-state index contributed by atoms with van der Waals surface area (Å²) < 4.78 is 0. The molecule has 0 aliphatic heterocycles. The first kappa shape index (κ1) is 19.6. The molecule has 1 aromatic heterocycles. The highest BCUT2D eigenvalue weighted by Crippen LogP contribution is 2.55. The lowest BCUT2D eigenvalue weighted by Crippen LogP contribution is -2.53. The summed E-state index contributed by atoms with van der Waals surface area (Å²) in [5.41, 5.74) is 6.41. The minimum absolute atomic E-state index is 0.131. The molecule has 2 aliphatic carbocycles. The number of hydrogen-bond acceptors (Lipinski definition) is 2. The largest absolute Gasteiger partial charge is 0.349 e. The van der Waals surface area contributed by atoms with E-state index >= 15 is 0 Å². The van der Waals surface area contributed by atoms with Crippen molar-refractivity contribution in [2.45, 2.75) is 58.4 Å². The standard InChI is InChI=1S/C27H29NOS/c1-18-24(15-20-9-11-22(12-10-20)21-7-4-3-5-8-21)25(19(2)30-18)26(29)28-23-16-27(17-23)13-6-14-27/h3-5,7-12,23H,6,13-17H2,1-2H3,(H,28,29). The molecular formula is C27H29NOS. The van der Waals surface area contributed by atoms with E-state index in [0.717, 1.165) is 16.9 Å². The molecule has 3 heteroatoms. The van der Waals surface area contributed by atoms with Gasteiger partial charge >= 0.3 is 0 Å². The van der Waals surface area contributed by atoms with Crippen molar-refractivity contribution in [3.63, 3.8) is 0 Å². The molecule has 2 nitrogen and oxygen atoms in total. The summed E-state index contributed by atoms with van der Waals surface area (Å²) in [6.45, 7) is 4.23. The van der Waals surface area contributed by atoms with Gasteiger partial charge in [-0.25, -0.2) is 0 Å². The quantitative estimate of drug-likeness (QED) is 0.494. The Morgan fingerprint density at radius 1 is 0.967 bits per heavy atom. The third-order valence-electron chi connectivity index (χ3n) is 7.16. The molecule has 1 N–H and O–H groups in total. The Hall–Kier alpha value is -2.39. The Labute approximate surface area is 183 Å². The number of aryl methyl sites for hydroxylation is 2. The summed E-state index contributed by atoms with van der Waals surface area (Å²) in [6, 6.07) is 19.6. The molecule has 3 aromatic rings. The molecule has 2 fully saturated rings. The van der Waals surface area contributed by atoms with Crippen molar-refractivity contribution in [2.24, 2.45) is 5.41 Å². The van der Waals surface area contributed by atoms with Crippen molar-refractivity contribution < 1.29 is 4.79 Å². The van der Waals surface area contributed by atoms with Crippen LogP contribution in [0.15, 0.2) is 54.6 Å². The number of carbonyl (C=O) groups is 1. The van der Waals surface area contributed by atoms with Crippen molar-refractivity contribution in [3.05, 3.63) is 81.0 Å². The molecule has 0 unspecified atom stereocenters. The summed E-state index contributed by atoms with van der Waals surface area (Å²) >= 11 is 1.75. The molecule has 0 bridgehead atoms. The van der Waals surface area contributed by atoms with Crippen molar-refractivity contribution in [2.75, 3.05) is 0 Å². The number of thiophene rings is 1. The summed E-state index contributed by atoms with van der Waals surface area (Å²) in [6.07, 6.45) is 7.26. The molecule has 0 atom stereocenters. The van der Waals surface area contributed by atoms with Crippen LogP contribution in [0.25, 0.3) is 11.1 Å². The Morgan fingerprint density at radius 3 is 2.27 bits per heavy atom. The molecule has 1 spiro atoms. The number of benzene rings is 2. The summed E-state index contributed by atoms with van der Waals surface area (Å²) in [4.78, 5) is 15.5. The number of amides is 1. The van der Waals surface area contributed by atoms with Gasteiger partial charge in [-0.2, -0.15) is 0 Å². The Morgan fingerprint density at radius 2 is 1.63 bits per heavy atom. The van der Waals surface area contributed by atoms with Gasteiger partial charge in [-0.3, -0.25) is 4.79 Å². The summed E-state index contributed by atoms with van der Waals surface area (Å²) in [7, 11) is 0. The van der Waals surface area contributed by atoms with Gasteiger partial charge in [-0.1, -0.05) is 61.0 Å². The zero-order valence-corrected chi connectivity index (χ0v) is 18.6. The van der Waals surface area contributed by atoms with E-state index in [0.29, 0.717) is 11.5 Å². The van der Waals surface area contributed by atoms with Gasteiger partial charge in [-0.15, -0.1) is 11.3 Å². The van der Waals surface area contributed by atoms with Crippen LogP contribution in [0.1, 0.15) is 63.3 Å². The topological polar surface area (TPSA) is 29.1 Å². The van der Waals surface area contributed by atoms with Crippen LogP contribution in [-0.4, -0.2) is 11.9 Å². The normalized spacial score (nSPS) is 17.4. The van der Waals surface area contributed by atoms with E-state index in [4.69, 9.17) is 0 Å². The number of carbonyl (C=O) groups excluding carboxylic acids is 1. The van der Waals surface area contributed by atoms with Gasteiger partial charge in [0.05, 0.1) is 5.56 Å². The molecule has 0 saturated heterocycles. The SMILES string of the molecule is Cc1sc(C)c(C(=O)NC2CC3(CCC3)C2)c1Cc1ccc(-c2ccccc2)cc1. The van der Waals surface area contributed by atoms with E-state index < -0.39 is 0 Å². The highest BCUT2D eigenvalue weighted by Gasteiger charge is 2.48. The van der Waals surface area contributed by atoms with Crippen LogP contribution in [-0.2, 0) is 6.42 Å². The molecule has 2 saturated carbocycles. The van der Waals surface area contributed by atoms with Gasteiger partial charge < -0.3 is 5.32 Å². The zero-order chi connectivity index (χ0) is 20.7. The minimum Gasteiger partial charge on any atom is -0.349 e. The molecule has 154 valence electrons. The van der Waals surface area contributed by atoms with E-state index in [2.05, 4.69) is 67.7 Å². The van der Waals surface area contributed by atoms with Crippen LogP contribution in [0, 0.1) is 19.3 Å². The first-order valence-corrected chi connectivity index (χ1v) is 11.9. The maximum absolute atomic E-state index is 13.1. The van der Waals surface area contributed by atoms with Gasteiger partial charge in [0, 0.05) is 15.8 Å². The lowest BCUT2D eigenvalue weighted by Gasteiger charge is -2.54. The second kappa shape index (κ2) is 7.70. The van der Waals surface area contributed by atoms with Crippen LogP contribution in [0.3, 0.4) is 0 Å². The highest BCUT2D eigenvalue weighted by molar-refractivity contribution is 7.12. The van der Waals surface area contributed by atoms with Gasteiger partial charge in [-0.05, 0) is 73.6 Å². The molecule has 1 amide bonds. The van der Waals surface area contributed by atoms with Crippen LogP contribution >= 0.6 is 11.3 Å². The van der Waals surface area contributed by atoms with Crippen LogP contribution in [0.5, 0.6) is 0 Å². The summed E-state index contributed by atoms with van der Waals surface area (Å²) in [5, 5.41) is 3.33. The molecule has 30 heavy (non-hydrogen) atoms. The van der Waals surface area contributed by atoms with Crippen LogP contribution in [0.4, 0.5) is 0 Å². The minimum atomic E-state index is 0.131. The predicted molar refractivity (Wildman–Crippen MR) is 125 cm³/mol. The van der Waals surface area contributed by atoms with Crippen LogP contribution < -0.4 is 5.32 Å². The van der Waals surface area contributed by atoms with Crippen molar-refractivity contribution >= 4 is 17.2 Å². The molecule has 2 aromatic carbocycles. The van der Waals surface area contributed by atoms with Gasteiger partial charge in [0.15, 0.2) is 0 Å². The monoisotopic (exact) mass is 415 g/mol. The van der Waals surface area contributed by atoms with Crippen molar-refractivity contribution in [3.8, 4) is 11.1 Å². The average molecular weight is 416 g/mol. The fourth-order valence-corrected chi connectivity index (χ4v) is 6.40. The number of hydrogen-bond donors (Lipinski definition) is 1. The molecule has 1 heterocycles. The van der Waals surface area contributed by atoms with E-state index in [9.17, 15) is 4.79 Å². The van der Waals surface area contributed by atoms with Crippen molar-refractivity contribution in [1.29, 1.82) is 0 Å². The van der Waals surface area contributed by atoms with Gasteiger partial charge in [0.25, 0.3) is 5.91 Å². The molecule has 5 rings (SSSR count). The number of rotatable bonds is 5. The second-order valence-electron chi connectivity index (χ2n) is 9.24. The summed E-state index contributed by atoms with van der Waals surface area (Å²) in [5.74, 6) is 0.131. The first-order valence-electron chi connectivity index (χ1n) is 11.1. The van der Waals surface area contributed by atoms with Gasteiger partial charge in [0.1, 0.15) is 0 Å². The molecule has 2 aliphatic rings. The van der Waals surface area contributed by atoms with E-state index in [1.807, 2.05) is 6.07 Å². The maximum atomic E-state index is 13.1.